The smallest absolute Gasteiger partial charge is 0.278 e. The van der Waals surface area contributed by atoms with Crippen molar-refractivity contribution in [3.05, 3.63) is 34.9 Å². The number of hydroxylamine groups is 2. The Morgan fingerprint density at radius 1 is 1.06 bits per heavy atom. The van der Waals surface area contributed by atoms with Crippen LogP contribution in [0.15, 0.2) is 18.2 Å². The van der Waals surface area contributed by atoms with Crippen LogP contribution in [0.1, 0.15) is 64.3 Å². The largest absolute Gasteiger partial charge is 0.285 e. The van der Waals surface area contributed by atoms with Crippen molar-refractivity contribution in [3.8, 4) is 0 Å². The fourth-order valence-corrected chi connectivity index (χ4v) is 3.05. The lowest BCUT2D eigenvalue weighted by Gasteiger charge is -2.23. The van der Waals surface area contributed by atoms with E-state index in [0.717, 1.165) is 18.4 Å². The zero-order valence-corrected chi connectivity index (χ0v) is 10.1. The maximum Gasteiger partial charge on any atom is 0.285 e. The van der Waals surface area contributed by atoms with Crippen LogP contribution in [0.3, 0.4) is 0 Å². The molecule has 1 heterocycles. The molecule has 1 aromatic rings. The van der Waals surface area contributed by atoms with Crippen molar-refractivity contribution in [1.29, 1.82) is 0 Å². The molecule has 4 nitrogen and oxygen atoms in total. The van der Waals surface area contributed by atoms with Crippen LogP contribution in [-0.4, -0.2) is 22.1 Å². The molecule has 0 aromatic heterocycles. The van der Waals surface area contributed by atoms with Gasteiger partial charge >= 0.3 is 0 Å². The molecule has 1 N–H and O–H groups in total. The molecule has 4 heteroatoms. The second-order valence-corrected chi connectivity index (χ2v) is 5.03. The van der Waals surface area contributed by atoms with Crippen LogP contribution in [0.25, 0.3) is 0 Å². The summed E-state index contributed by atoms with van der Waals surface area (Å²) < 4.78 is 0. The minimum Gasteiger partial charge on any atom is -0.278 e. The number of rotatable bonds is 1. The van der Waals surface area contributed by atoms with E-state index in [1.807, 2.05) is 6.07 Å². The van der Waals surface area contributed by atoms with Gasteiger partial charge < -0.3 is 0 Å². The van der Waals surface area contributed by atoms with E-state index in [1.54, 1.807) is 12.1 Å². The van der Waals surface area contributed by atoms with Crippen LogP contribution in [0, 0.1) is 0 Å². The maximum atomic E-state index is 11.9. The van der Waals surface area contributed by atoms with Gasteiger partial charge in [-0.25, -0.2) is 0 Å². The Kier molecular flexibility index (Phi) is 2.67. The minimum absolute atomic E-state index is 0.233. The van der Waals surface area contributed by atoms with Crippen molar-refractivity contribution in [1.82, 2.24) is 5.06 Å². The summed E-state index contributed by atoms with van der Waals surface area (Å²) in [6.07, 6.45) is 5.69. The van der Waals surface area contributed by atoms with E-state index in [-0.39, 0.29) is 5.06 Å². The Bertz CT molecular complexity index is 518. The van der Waals surface area contributed by atoms with Gasteiger partial charge in [-0.05, 0) is 30.4 Å². The Balaban J connectivity index is 2.08. The first-order valence-electron chi connectivity index (χ1n) is 6.40. The number of hydrogen-bond donors (Lipinski definition) is 1. The van der Waals surface area contributed by atoms with E-state index < -0.39 is 11.8 Å². The number of fused-ring (bicyclic) bond motifs is 1. The molecule has 3 rings (SSSR count). The van der Waals surface area contributed by atoms with Crippen molar-refractivity contribution in [3.63, 3.8) is 0 Å². The predicted octanol–water partition coefficient (Wildman–Crippen LogP) is 2.72. The maximum absolute atomic E-state index is 11.9. The zero-order valence-electron chi connectivity index (χ0n) is 10.1. The molecule has 1 aliphatic heterocycles. The van der Waals surface area contributed by atoms with Crippen LogP contribution in [-0.2, 0) is 0 Å². The summed E-state index contributed by atoms with van der Waals surface area (Å²) in [7, 11) is 0. The quantitative estimate of drug-likeness (QED) is 0.611. The number of amides is 2. The molecule has 0 spiro atoms. The van der Waals surface area contributed by atoms with Crippen LogP contribution in [0.4, 0.5) is 0 Å². The molecule has 1 aromatic carbocycles. The lowest BCUT2D eigenvalue weighted by Crippen LogP contribution is -2.25. The predicted molar refractivity (Wildman–Crippen MR) is 64.6 cm³/mol. The Morgan fingerprint density at radius 2 is 1.78 bits per heavy atom. The molecular weight excluding hydrogens is 230 g/mol. The van der Waals surface area contributed by atoms with Crippen LogP contribution >= 0.6 is 0 Å². The lowest BCUT2D eigenvalue weighted by molar-refractivity contribution is -0.0327. The van der Waals surface area contributed by atoms with Crippen LogP contribution in [0.5, 0.6) is 0 Å². The third kappa shape index (κ3) is 1.56. The molecule has 0 saturated heterocycles. The van der Waals surface area contributed by atoms with Gasteiger partial charge in [0, 0.05) is 0 Å². The fraction of sp³-hybridized carbons (Fsp3) is 0.429. The fourth-order valence-electron chi connectivity index (χ4n) is 3.05. The lowest BCUT2D eigenvalue weighted by atomic mass is 9.81. The third-order valence-corrected chi connectivity index (χ3v) is 3.97. The molecule has 1 fully saturated rings. The van der Waals surface area contributed by atoms with E-state index in [2.05, 4.69) is 0 Å². The Morgan fingerprint density at radius 3 is 2.50 bits per heavy atom. The normalized spacial score (nSPS) is 20.4. The summed E-state index contributed by atoms with van der Waals surface area (Å²) in [6, 6.07) is 5.32. The van der Waals surface area contributed by atoms with Gasteiger partial charge in [-0.3, -0.25) is 14.8 Å². The second kappa shape index (κ2) is 4.21. The molecule has 0 bridgehead atoms. The highest BCUT2D eigenvalue weighted by atomic mass is 16.5. The number of carbonyl (C=O) groups is 2. The molecule has 1 saturated carbocycles. The van der Waals surface area contributed by atoms with E-state index in [4.69, 9.17) is 0 Å². The average Bonchev–Trinajstić information content (AvgIpc) is 2.65. The van der Waals surface area contributed by atoms with Crippen molar-refractivity contribution in [2.45, 2.75) is 38.0 Å². The Labute approximate surface area is 105 Å². The monoisotopic (exact) mass is 245 g/mol. The van der Waals surface area contributed by atoms with E-state index in [9.17, 15) is 14.8 Å². The molecule has 0 atom stereocenters. The molecule has 2 amide bonds. The highest BCUT2D eigenvalue weighted by molar-refractivity contribution is 6.21. The SMILES string of the molecule is O=C1c2cccc(C3CCCCC3)c2C(=O)N1O. The summed E-state index contributed by atoms with van der Waals surface area (Å²) in [6.45, 7) is 0. The standard InChI is InChI=1S/C14H15NO3/c16-13-11-8-4-7-10(9-5-2-1-3-6-9)12(11)14(17)15(13)18/h4,7-9,18H,1-3,5-6H2. The highest BCUT2D eigenvalue weighted by Crippen LogP contribution is 2.37. The topological polar surface area (TPSA) is 57.6 Å². The van der Waals surface area contributed by atoms with Crippen molar-refractivity contribution >= 4 is 11.8 Å². The number of nitrogens with zero attached hydrogens (tertiary/aromatic N) is 1. The van der Waals surface area contributed by atoms with E-state index in [1.165, 1.54) is 19.3 Å². The first-order chi connectivity index (χ1) is 8.70. The summed E-state index contributed by atoms with van der Waals surface area (Å²) in [5, 5.41) is 9.68. The van der Waals surface area contributed by atoms with Crippen molar-refractivity contribution in [2.75, 3.05) is 0 Å². The minimum atomic E-state index is -0.604. The van der Waals surface area contributed by atoms with Crippen LogP contribution in [0.2, 0.25) is 0 Å². The van der Waals surface area contributed by atoms with Gasteiger partial charge in [0.05, 0.1) is 11.1 Å². The molecule has 18 heavy (non-hydrogen) atoms. The van der Waals surface area contributed by atoms with E-state index in [0.29, 0.717) is 17.0 Å². The molecular formula is C14H15NO3. The zero-order chi connectivity index (χ0) is 12.7. The van der Waals surface area contributed by atoms with Crippen molar-refractivity contribution in [2.24, 2.45) is 0 Å². The molecule has 0 radical (unpaired) electrons. The van der Waals surface area contributed by atoms with Gasteiger partial charge in [-0.2, -0.15) is 0 Å². The summed E-state index contributed by atoms with van der Waals surface area (Å²) in [4.78, 5) is 23.6. The van der Waals surface area contributed by atoms with Gasteiger partial charge in [0.25, 0.3) is 11.8 Å². The first kappa shape index (κ1) is 11.4. The highest BCUT2D eigenvalue weighted by Gasteiger charge is 2.38. The summed E-state index contributed by atoms with van der Waals surface area (Å²) in [5.74, 6) is -0.833. The number of carbonyl (C=O) groups excluding carboxylic acids is 2. The van der Waals surface area contributed by atoms with Gasteiger partial charge in [0.1, 0.15) is 0 Å². The number of imide groups is 1. The molecule has 94 valence electrons. The Hall–Kier alpha value is -1.68. The van der Waals surface area contributed by atoms with Gasteiger partial charge in [0.15, 0.2) is 0 Å². The van der Waals surface area contributed by atoms with Gasteiger partial charge in [0.2, 0.25) is 0 Å². The van der Waals surface area contributed by atoms with Crippen LogP contribution < -0.4 is 0 Å². The molecule has 1 aliphatic carbocycles. The first-order valence-corrected chi connectivity index (χ1v) is 6.40. The number of benzene rings is 1. The number of hydrogen-bond acceptors (Lipinski definition) is 3. The van der Waals surface area contributed by atoms with E-state index >= 15 is 0 Å². The third-order valence-electron chi connectivity index (χ3n) is 3.97. The van der Waals surface area contributed by atoms with Crippen molar-refractivity contribution < 1.29 is 14.8 Å². The summed E-state index contributed by atoms with van der Waals surface area (Å²) >= 11 is 0. The summed E-state index contributed by atoms with van der Waals surface area (Å²) in [5.41, 5.74) is 1.68. The van der Waals surface area contributed by atoms with Gasteiger partial charge in [-0.1, -0.05) is 31.4 Å². The molecule has 0 unspecified atom stereocenters. The second-order valence-electron chi connectivity index (χ2n) is 5.03. The molecule has 2 aliphatic rings. The average molecular weight is 245 g/mol. The van der Waals surface area contributed by atoms with Gasteiger partial charge in [-0.15, -0.1) is 5.06 Å².